The Morgan fingerprint density at radius 3 is 2.64 bits per heavy atom. The summed E-state index contributed by atoms with van der Waals surface area (Å²) in [5, 5.41) is 0. The molecule has 0 bridgehead atoms. The van der Waals surface area contributed by atoms with E-state index >= 15 is 0 Å². The van der Waals surface area contributed by atoms with Gasteiger partial charge in [-0.25, -0.2) is 0 Å². The summed E-state index contributed by atoms with van der Waals surface area (Å²) in [5.74, 6) is 0.708. The fourth-order valence-corrected chi connectivity index (χ4v) is 0.938. The van der Waals surface area contributed by atoms with Gasteiger partial charge < -0.3 is 10.2 Å². The Kier molecular flexibility index (Phi) is 5.76. The summed E-state index contributed by atoms with van der Waals surface area (Å²) in [4.78, 5) is 0. The Morgan fingerprint density at radius 1 is 1.64 bits per heavy atom. The maximum absolute atomic E-state index is 7.11. The molecule has 0 aliphatic heterocycles. The van der Waals surface area contributed by atoms with Gasteiger partial charge >= 0.3 is 0 Å². The Balaban J connectivity index is 0.000001000. The SMILES string of the molecule is C/C([NH-])=C/c1ccc(Br)o1.[Ac]. The molecule has 1 aromatic rings. The Labute approximate surface area is 110 Å². The number of hydrogen-bond acceptors (Lipinski definition) is 1. The summed E-state index contributed by atoms with van der Waals surface area (Å²) in [6, 6.07) is 3.61. The fraction of sp³-hybridized carbons (Fsp3) is 0.143. The average molecular weight is 428 g/mol. The first kappa shape index (κ1) is 11.7. The van der Waals surface area contributed by atoms with E-state index in [2.05, 4.69) is 15.9 Å². The minimum atomic E-state index is 0. The standard InChI is InChI=1S/C7H7BrNO.Ac/c1-5(9)4-6-2-3-7(8)10-6;/h2-4,9H,1H3;/q-1;/b5-4-;. The van der Waals surface area contributed by atoms with E-state index in [0.29, 0.717) is 16.1 Å². The first-order chi connectivity index (χ1) is 4.68. The van der Waals surface area contributed by atoms with Crippen molar-refractivity contribution in [2.24, 2.45) is 0 Å². The first-order valence-corrected chi connectivity index (χ1v) is 3.63. The van der Waals surface area contributed by atoms with Gasteiger partial charge in [0.05, 0.1) is 0 Å². The molecule has 57 valence electrons. The number of nitrogens with one attached hydrogen (secondary N) is 1. The molecule has 0 aliphatic carbocycles. The van der Waals surface area contributed by atoms with Gasteiger partial charge in [-0.1, -0.05) is 6.92 Å². The van der Waals surface area contributed by atoms with E-state index < -0.39 is 0 Å². The molecule has 0 saturated carbocycles. The average Bonchev–Trinajstić information content (AvgIpc) is 2.13. The van der Waals surface area contributed by atoms with Crippen LogP contribution in [0.4, 0.5) is 0 Å². The summed E-state index contributed by atoms with van der Waals surface area (Å²) in [6.07, 6.45) is 1.66. The second kappa shape index (κ2) is 5.40. The normalized spacial score (nSPS) is 10.9. The zero-order valence-corrected chi connectivity index (χ0v) is 12.4. The Bertz CT molecular complexity index is 253. The number of furan rings is 1. The Morgan fingerprint density at radius 2 is 2.27 bits per heavy atom. The number of hydrogen-bond donors (Lipinski definition) is 0. The molecular formula is C7H7AcBrNO-. The van der Waals surface area contributed by atoms with Gasteiger partial charge in [0.2, 0.25) is 0 Å². The second-order valence-corrected chi connectivity index (χ2v) is 2.75. The first-order valence-electron chi connectivity index (χ1n) is 2.84. The summed E-state index contributed by atoms with van der Waals surface area (Å²) in [5.41, 5.74) is 7.60. The number of allylic oxidation sites excluding steroid dienone is 1. The largest absolute Gasteiger partial charge is 0.702 e. The predicted molar refractivity (Wildman–Crippen MR) is 44.4 cm³/mol. The van der Waals surface area contributed by atoms with Crippen molar-refractivity contribution < 1.29 is 48.5 Å². The van der Waals surface area contributed by atoms with Gasteiger partial charge in [0.1, 0.15) is 5.76 Å². The van der Waals surface area contributed by atoms with Crippen molar-refractivity contribution in [2.75, 3.05) is 0 Å². The maximum atomic E-state index is 7.11. The molecule has 0 atom stereocenters. The summed E-state index contributed by atoms with van der Waals surface area (Å²) in [7, 11) is 0. The molecule has 0 spiro atoms. The van der Waals surface area contributed by atoms with E-state index in [1.165, 1.54) is 0 Å². The molecule has 0 saturated heterocycles. The minimum Gasteiger partial charge on any atom is -0.702 e. The maximum Gasteiger partial charge on any atom is 0.169 e. The van der Waals surface area contributed by atoms with Crippen molar-refractivity contribution in [2.45, 2.75) is 6.92 Å². The van der Waals surface area contributed by atoms with Crippen LogP contribution in [0.25, 0.3) is 11.8 Å². The molecule has 1 rings (SSSR count). The van der Waals surface area contributed by atoms with Crippen LogP contribution in [-0.4, -0.2) is 0 Å². The van der Waals surface area contributed by atoms with Crippen molar-refractivity contribution in [3.63, 3.8) is 0 Å². The smallest absolute Gasteiger partial charge is 0.169 e. The number of halogens is 1. The molecule has 1 aromatic heterocycles. The van der Waals surface area contributed by atoms with Crippen molar-refractivity contribution >= 4 is 22.0 Å². The molecule has 0 unspecified atom stereocenters. The van der Waals surface area contributed by atoms with Gasteiger partial charge in [-0.05, 0) is 34.1 Å². The topological polar surface area (TPSA) is 36.9 Å². The van der Waals surface area contributed by atoms with Crippen molar-refractivity contribution in [3.8, 4) is 0 Å². The predicted octanol–water partition coefficient (Wildman–Crippen LogP) is 3.46. The van der Waals surface area contributed by atoms with E-state index in [4.69, 9.17) is 10.2 Å². The molecule has 2 nitrogen and oxygen atoms in total. The van der Waals surface area contributed by atoms with Crippen LogP contribution in [0.5, 0.6) is 0 Å². The zero-order chi connectivity index (χ0) is 7.56. The fourth-order valence-electron chi connectivity index (χ4n) is 0.619. The monoisotopic (exact) mass is 427 g/mol. The van der Waals surface area contributed by atoms with Crippen LogP contribution < -0.4 is 0 Å². The van der Waals surface area contributed by atoms with Gasteiger partial charge in [0, 0.05) is 44.1 Å². The zero-order valence-electron chi connectivity index (χ0n) is 6.10. The van der Waals surface area contributed by atoms with Crippen LogP contribution in [0.3, 0.4) is 0 Å². The van der Waals surface area contributed by atoms with E-state index in [1.807, 2.05) is 6.07 Å². The van der Waals surface area contributed by atoms with Gasteiger partial charge in [-0.15, -0.1) is 0 Å². The molecule has 11 heavy (non-hydrogen) atoms. The molecular weight excluding hydrogens is 421 g/mol. The van der Waals surface area contributed by atoms with Crippen molar-refractivity contribution in [3.05, 3.63) is 34.0 Å². The molecule has 1 heterocycles. The van der Waals surface area contributed by atoms with Crippen LogP contribution >= 0.6 is 15.9 Å². The quantitative estimate of drug-likeness (QED) is 0.676. The van der Waals surface area contributed by atoms with Gasteiger partial charge in [-0.2, -0.15) is 5.70 Å². The van der Waals surface area contributed by atoms with Crippen LogP contribution in [0, 0.1) is 44.1 Å². The third-order valence-electron chi connectivity index (χ3n) is 0.953. The molecule has 0 fully saturated rings. The molecule has 0 aliphatic rings. The second-order valence-electron chi connectivity index (χ2n) is 1.97. The van der Waals surface area contributed by atoms with Crippen LogP contribution in [0.15, 0.2) is 26.9 Å². The van der Waals surface area contributed by atoms with E-state index in [0.717, 1.165) is 0 Å². The minimum absolute atomic E-state index is 0. The molecule has 1 N–H and O–H groups in total. The van der Waals surface area contributed by atoms with Crippen LogP contribution in [0.1, 0.15) is 12.7 Å². The Hall–Kier alpha value is 0.742. The number of rotatable bonds is 1. The van der Waals surface area contributed by atoms with E-state index in [9.17, 15) is 0 Å². The summed E-state index contributed by atoms with van der Waals surface area (Å²) >= 11 is 3.16. The van der Waals surface area contributed by atoms with Gasteiger partial charge in [0.25, 0.3) is 0 Å². The van der Waals surface area contributed by atoms with Crippen molar-refractivity contribution in [1.29, 1.82) is 0 Å². The molecule has 1 radical (unpaired) electrons. The van der Waals surface area contributed by atoms with Gasteiger partial charge in [0.15, 0.2) is 4.67 Å². The molecule has 4 heteroatoms. The summed E-state index contributed by atoms with van der Waals surface area (Å²) in [6.45, 7) is 1.70. The van der Waals surface area contributed by atoms with Crippen molar-refractivity contribution in [1.82, 2.24) is 0 Å². The van der Waals surface area contributed by atoms with Gasteiger partial charge in [-0.3, -0.25) is 0 Å². The van der Waals surface area contributed by atoms with Crippen LogP contribution in [0.2, 0.25) is 0 Å². The van der Waals surface area contributed by atoms with E-state index in [1.54, 1.807) is 19.1 Å². The van der Waals surface area contributed by atoms with Crippen LogP contribution in [-0.2, 0) is 0 Å². The van der Waals surface area contributed by atoms with E-state index in [-0.39, 0.29) is 44.1 Å². The third-order valence-corrected chi connectivity index (χ3v) is 1.38. The third kappa shape index (κ3) is 4.35. The molecule has 0 aromatic carbocycles. The molecule has 0 amide bonds. The summed E-state index contributed by atoms with van der Waals surface area (Å²) < 4.78 is 5.81.